The van der Waals surface area contributed by atoms with Crippen LogP contribution in [0.5, 0.6) is 0 Å². The third-order valence-corrected chi connectivity index (χ3v) is 5.45. The molecule has 7 heteroatoms. The largest absolute Gasteiger partial charge is 0.352 e. The predicted octanol–water partition coefficient (Wildman–Crippen LogP) is 2.57. The minimum Gasteiger partial charge on any atom is -0.352 e. The lowest BCUT2D eigenvalue weighted by Gasteiger charge is -2.21. The Morgan fingerprint density at radius 3 is 3.05 bits per heavy atom. The summed E-state index contributed by atoms with van der Waals surface area (Å²) in [6, 6.07) is 0. The Hall–Kier alpha value is -2.02. The SMILES string of the molecule is C[C@@H]1CCc2c(sc3ncnc(N(C)Cc4ncn[nH]4)c23)C1. The fourth-order valence-corrected chi connectivity index (χ4v) is 4.50. The number of anilines is 1. The van der Waals surface area contributed by atoms with Crippen molar-refractivity contribution in [3.63, 3.8) is 0 Å². The van der Waals surface area contributed by atoms with Gasteiger partial charge in [0.2, 0.25) is 0 Å². The summed E-state index contributed by atoms with van der Waals surface area (Å²) in [7, 11) is 2.04. The summed E-state index contributed by atoms with van der Waals surface area (Å²) in [5.74, 6) is 2.60. The highest BCUT2D eigenvalue weighted by atomic mass is 32.1. The predicted molar refractivity (Wildman–Crippen MR) is 87.1 cm³/mol. The minimum absolute atomic E-state index is 0.660. The zero-order valence-electron chi connectivity index (χ0n) is 12.7. The lowest BCUT2D eigenvalue weighted by molar-refractivity contribution is 0.509. The highest BCUT2D eigenvalue weighted by Crippen LogP contribution is 2.40. The molecule has 0 aliphatic heterocycles. The molecule has 0 aromatic carbocycles. The zero-order chi connectivity index (χ0) is 15.1. The molecule has 3 aromatic rings. The highest BCUT2D eigenvalue weighted by molar-refractivity contribution is 7.19. The molecule has 1 N–H and O–H groups in total. The number of aromatic nitrogens is 5. The second-order valence-corrected chi connectivity index (χ2v) is 7.10. The van der Waals surface area contributed by atoms with Gasteiger partial charge in [0.15, 0.2) is 0 Å². The number of thiophene rings is 1. The Morgan fingerprint density at radius 2 is 2.23 bits per heavy atom. The Labute approximate surface area is 132 Å². The molecule has 0 unspecified atom stereocenters. The number of rotatable bonds is 3. The van der Waals surface area contributed by atoms with Crippen LogP contribution in [-0.2, 0) is 19.4 Å². The summed E-state index contributed by atoms with van der Waals surface area (Å²) in [4.78, 5) is 18.0. The highest BCUT2D eigenvalue weighted by Gasteiger charge is 2.24. The van der Waals surface area contributed by atoms with Gasteiger partial charge in [0.1, 0.15) is 29.1 Å². The molecule has 6 nitrogen and oxygen atoms in total. The van der Waals surface area contributed by atoms with E-state index in [0.717, 1.165) is 28.8 Å². The molecule has 1 aliphatic rings. The number of nitrogens with zero attached hydrogens (tertiary/aromatic N) is 5. The molecule has 0 fully saturated rings. The lowest BCUT2D eigenvalue weighted by atomic mass is 9.89. The number of fused-ring (bicyclic) bond motifs is 3. The summed E-state index contributed by atoms with van der Waals surface area (Å²) in [6.07, 6.45) is 6.75. The van der Waals surface area contributed by atoms with Gasteiger partial charge in [-0.1, -0.05) is 6.92 Å². The quantitative estimate of drug-likeness (QED) is 0.804. The molecule has 3 aromatic heterocycles. The fourth-order valence-electron chi connectivity index (χ4n) is 3.15. The van der Waals surface area contributed by atoms with E-state index in [0.29, 0.717) is 6.54 Å². The van der Waals surface area contributed by atoms with Gasteiger partial charge >= 0.3 is 0 Å². The van der Waals surface area contributed by atoms with Crippen LogP contribution in [0.4, 0.5) is 5.82 Å². The maximum atomic E-state index is 4.55. The summed E-state index contributed by atoms with van der Waals surface area (Å²) < 4.78 is 0. The molecule has 4 rings (SSSR count). The maximum Gasteiger partial charge on any atom is 0.143 e. The van der Waals surface area contributed by atoms with E-state index >= 15 is 0 Å². The van der Waals surface area contributed by atoms with Gasteiger partial charge in [-0.2, -0.15) is 5.10 Å². The van der Waals surface area contributed by atoms with Gasteiger partial charge < -0.3 is 4.90 Å². The number of nitrogens with one attached hydrogen (secondary N) is 1. The average Bonchev–Trinajstić information content (AvgIpc) is 3.12. The van der Waals surface area contributed by atoms with Crippen molar-refractivity contribution in [1.82, 2.24) is 25.1 Å². The number of hydrogen-bond donors (Lipinski definition) is 1. The molecular formula is C15H18N6S. The second-order valence-electron chi connectivity index (χ2n) is 6.02. The topological polar surface area (TPSA) is 70.6 Å². The van der Waals surface area contributed by atoms with Gasteiger partial charge in [-0.15, -0.1) is 11.3 Å². The molecule has 22 heavy (non-hydrogen) atoms. The van der Waals surface area contributed by atoms with Crippen LogP contribution in [0.2, 0.25) is 0 Å². The number of aryl methyl sites for hydroxylation is 1. The Morgan fingerprint density at radius 1 is 1.32 bits per heavy atom. The van der Waals surface area contributed by atoms with Crippen molar-refractivity contribution in [3.8, 4) is 0 Å². The summed E-state index contributed by atoms with van der Waals surface area (Å²) in [5, 5.41) is 8.04. The first-order valence-electron chi connectivity index (χ1n) is 7.53. The molecule has 1 atom stereocenters. The summed E-state index contributed by atoms with van der Waals surface area (Å²) in [6.45, 7) is 2.99. The van der Waals surface area contributed by atoms with E-state index < -0.39 is 0 Å². The normalized spacial score (nSPS) is 17.6. The van der Waals surface area contributed by atoms with E-state index in [1.807, 2.05) is 18.4 Å². The fraction of sp³-hybridized carbons (Fsp3) is 0.467. The molecule has 0 saturated heterocycles. The van der Waals surface area contributed by atoms with Gasteiger partial charge in [-0.3, -0.25) is 5.10 Å². The molecule has 3 heterocycles. The van der Waals surface area contributed by atoms with E-state index in [1.165, 1.54) is 35.0 Å². The molecule has 0 saturated carbocycles. The van der Waals surface area contributed by atoms with Crippen LogP contribution in [0.15, 0.2) is 12.7 Å². The van der Waals surface area contributed by atoms with Crippen LogP contribution in [0.3, 0.4) is 0 Å². The first-order valence-corrected chi connectivity index (χ1v) is 8.34. The van der Waals surface area contributed by atoms with Gasteiger partial charge in [0, 0.05) is 11.9 Å². The van der Waals surface area contributed by atoms with Gasteiger partial charge in [-0.25, -0.2) is 15.0 Å². The standard InChI is InChI=1S/C15H18N6S/c1-9-3-4-10-11(5-9)22-15-13(10)14(17-7-18-15)21(2)6-12-16-8-19-20-12/h7-9H,3-6H2,1-2H3,(H,16,19,20)/t9-/m1/s1. The zero-order valence-corrected chi connectivity index (χ0v) is 13.5. The van der Waals surface area contributed by atoms with Crippen molar-refractivity contribution >= 4 is 27.4 Å². The maximum absolute atomic E-state index is 4.55. The molecule has 1 aliphatic carbocycles. The Kier molecular flexibility index (Phi) is 3.29. The van der Waals surface area contributed by atoms with Gasteiger partial charge in [0.25, 0.3) is 0 Å². The third-order valence-electron chi connectivity index (χ3n) is 4.29. The average molecular weight is 314 g/mol. The van der Waals surface area contributed by atoms with Crippen LogP contribution < -0.4 is 4.90 Å². The van der Waals surface area contributed by atoms with E-state index in [9.17, 15) is 0 Å². The second kappa shape index (κ2) is 5.31. The minimum atomic E-state index is 0.660. The van der Waals surface area contributed by atoms with Crippen LogP contribution in [0.25, 0.3) is 10.2 Å². The van der Waals surface area contributed by atoms with E-state index in [-0.39, 0.29) is 0 Å². The molecule has 0 radical (unpaired) electrons. The molecule has 0 spiro atoms. The van der Waals surface area contributed by atoms with Crippen molar-refractivity contribution in [2.75, 3.05) is 11.9 Å². The molecule has 0 amide bonds. The monoisotopic (exact) mass is 314 g/mol. The van der Waals surface area contributed by atoms with E-state index in [4.69, 9.17) is 0 Å². The van der Waals surface area contributed by atoms with Crippen molar-refractivity contribution in [3.05, 3.63) is 28.9 Å². The Bertz CT molecular complexity index is 794. The first-order chi connectivity index (χ1) is 10.7. The number of aromatic amines is 1. The van der Waals surface area contributed by atoms with Crippen LogP contribution in [0.1, 0.15) is 29.6 Å². The molecule has 0 bridgehead atoms. The van der Waals surface area contributed by atoms with Crippen LogP contribution >= 0.6 is 11.3 Å². The number of H-pyrrole nitrogens is 1. The Balaban J connectivity index is 1.77. The smallest absolute Gasteiger partial charge is 0.143 e. The first kappa shape index (κ1) is 13.6. The van der Waals surface area contributed by atoms with Crippen molar-refractivity contribution in [2.45, 2.75) is 32.7 Å². The van der Waals surface area contributed by atoms with E-state index in [2.05, 4.69) is 37.0 Å². The third kappa shape index (κ3) is 2.25. The van der Waals surface area contributed by atoms with Crippen LogP contribution in [0, 0.1) is 5.92 Å². The number of hydrogen-bond acceptors (Lipinski definition) is 6. The van der Waals surface area contributed by atoms with E-state index in [1.54, 1.807) is 6.33 Å². The van der Waals surface area contributed by atoms with Crippen molar-refractivity contribution in [1.29, 1.82) is 0 Å². The summed E-state index contributed by atoms with van der Waals surface area (Å²) in [5.41, 5.74) is 1.46. The van der Waals surface area contributed by atoms with Gasteiger partial charge in [0.05, 0.1) is 11.9 Å². The van der Waals surface area contributed by atoms with Crippen molar-refractivity contribution < 1.29 is 0 Å². The lowest BCUT2D eigenvalue weighted by Crippen LogP contribution is -2.19. The van der Waals surface area contributed by atoms with Crippen LogP contribution in [-0.4, -0.2) is 32.2 Å². The molecular weight excluding hydrogens is 296 g/mol. The molecule has 114 valence electrons. The van der Waals surface area contributed by atoms with Gasteiger partial charge in [-0.05, 0) is 30.7 Å². The van der Waals surface area contributed by atoms with Crippen molar-refractivity contribution in [2.24, 2.45) is 5.92 Å². The summed E-state index contributed by atoms with van der Waals surface area (Å²) >= 11 is 1.83.